The van der Waals surface area contributed by atoms with Crippen molar-refractivity contribution < 1.29 is 5.11 Å². The van der Waals surface area contributed by atoms with Gasteiger partial charge in [0.1, 0.15) is 0 Å². The zero-order valence-electron chi connectivity index (χ0n) is 9.86. The van der Waals surface area contributed by atoms with Crippen LogP contribution in [0.5, 0.6) is 0 Å². The second-order valence-electron chi connectivity index (χ2n) is 4.21. The molecular formula is C13H21NOS. The largest absolute Gasteiger partial charge is 0.399 e. The minimum atomic E-state index is 0.294. The number of thioether (sulfide) groups is 1. The summed E-state index contributed by atoms with van der Waals surface area (Å²) >= 11 is 1.92. The predicted molar refractivity (Wildman–Crippen MR) is 72.8 cm³/mol. The van der Waals surface area contributed by atoms with Gasteiger partial charge in [-0.15, -0.1) is 0 Å². The zero-order valence-corrected chi connectivity index (χ0v) is 10.7. The lowest BCUT2D eigenvalue weighted by molar-refractivity contribution is 0.250. The van der Waals surface area contributed by atoms with Crippen LogP contribution in [0.1, 0.15) is 18.9 Å². The molecule has 0 saturated heterocycles. The van der Waals surface area contributed by atoms with Gasteiger partial charge in [-0.1, -0.05) is 19.1 Å². The second kappa shape index (κ2) is 7.58. The smallest absolute Gasteiger partial charge is 0.0464 e. The number of aliphatic hydroxyl groups excluding tert-OH is 1. The summed E-state index contributed by atoms with van der Waals surface area (Å²) in [4.78, 5) is 0. The van der Waals surface area contributed by atoms with Crippen LogP contribution < -0.4 is 5.73 Å². The van der Waals surface area contributed by atoms with Gasteiger partial charge in [-0.2, -0.15) is 11.8 Å². The van der Waals surface area contributed by atoms with E-state index < -0.39 is 0 Å². The van der Waals surface area contributed by atoms with Crippen molar-refractivity contribution in [3.05, 3.63) is 29.8 Å². The number of hydrogen-bond donors (Lipinski definition) is 2. The highest BCUT2D eigenvalue weighted by Gasteiger charge is 1.99. The van der Waals surface area contributed by atoms with Crippen LogP contribution in [0.4, 0.5) is 5.69 Å². The van der Waals surface area contributed by atoms with Crippen molar-refractivity contribution in [1.29, 1.82) is 0 Å². The van der Waals surface area contributed by atoms with E-state index in [1.165, 1.54) is 12.0 Å². The van der Waals surface area contributed by atoms with E-state index >= 15 is 0 Å². The predicted octanol–water partition coefficient (Wildman–Crippen LogP) is 2.56. The summed E-state index contributed by atoms with van der Waals surface area (Å²) in [6.07, 6.45) is 2.26. The van der Waals surface area contributed by atoms with Crippen LogP contribution in [0.3, 0.4) is 0 Å². The molecule has 0 aliphatic rings. The van der Waals surface area contributed by atoms with Crippen LogP contribution in [-0.4, -0.2) is 23.2 Å². The zero-order chi connectivity index (χ0) is 11.8. The molecule has 0 aliphatic carbocycles. The van der Waals surface area contributed by atoms with Gasteiger partial charge in [-0.05, 0) is 48.0 Å². The quantitative estimate of drug-likeness (QED) is 0.568. The highest BCUT2D eigenvalue weighted by molar-refractivity contribution is 7.99. The van der Waals surface area contributed by atoms with Gasteiger partial charge in [0.25, 0.3) is 0 Å². The summed E-state index contributed by atoms with van der Waals surface area (Å²) in [6.45, 7) is 2.37. The Kier molecular flexibility index (Phi) is 6.34. The number of aliphatic hydroxyl groups is 1. The molecule has 1 aromatic carbocycles. The van der Waals surface area contributed by atoms with Crippen molar-refractivity contribution in [2.45, 2.75) is 19.8 Å². The lowest BCUT2D eigenvalue weighted by Gasteiger charge is -2.07. The second-order valence-corrected chi connectivity index (χ2v) is 5.36. The molecule has 1 aromatic rings. The minimum Gasteiger partial charge on any atom is -0.399 e. The van der Waals surface area contributed by atoms with Gasteiger partial charge < -0.3 is 10.8 Å². The molecule has 16 heavy (non-hydrogen) atoms. The van der Waals surface area contributed by atoms with Crippen LogP contribution in [0.25, 0.3) is 0 Å². The molecule has 1 atom stereocenters. The van der Waals surface area contributed by atoms with Crippen molar-refractivity contribution in [1.82, 2.24) is 0 Å². The number of nitrogen functional groups attached to an aromatic ring is 1. The molecule has 1 unspecified atom stereocenters. The number of aryl methyl sites for hydroxylation is 1. The first kappa shape index (κ1) is 13.4. The van der Waals surface area contributed by atoms with Crippen LogP contribution in [-0.2, 0) is 6.42 Å². The Balaban J connectivity index is 2.12. The maximum Gasteiger partial charge on any atom is 0.0464 e. The average Bonchev–Trinajstić information content (AvgIpc) is 2.28. The Bertz CT molecular complexity index is 304. The Morgan fingerprint density at radius 3 is 2.94 bits per heavy atom. The molecule has 2 nitrogen and oxygen atoms in total. The van der Waals surface area contributed by atoms with E-state index in [0.29, 0.717) is 12.5 Å². The first-order valence-corrected chi connectivity index (χ1v) is 6.91. The molecule has 0 radical (unpaired) electrons. The fourth-order valence-electron chi connectivity index (χ4n) is 1.46. The maximum atomic E-state index is 8.87. The van der Waals surface area contributed by atoms with Crippen LogP contribution in [0.15, 0.2) is 24.3 Å². The van der Waals surface area contributed by atoms with E-state index in [1.54, 1.807) is 0 Å². The molecule has 0 heterocycles. The lowest BCUT2D eigenvalue weighted by atomic mass is 10.1. The molecule has 0 spiro atoms. The third-order valence-corrected chi connectivity index (χ3v) is 3.80. The van der Waals surface area contributed by atoms with E-state index in [-0.39, 0.29) is 0 Å². The van der Waals surface area contributed by atoms with Crippen molar-refractivity contribution in [2.75, 3.05) is 23.8 Å². The SMILES string of the molecule is CC(CO)CSCCCc1cccc(N)c1. The van der Waals surface area contributed by atoms with Gasteiger partial charge in [0.15, 0.2) is 0 Å². The summed E-state index contributed by atoms with van der Waals surface area (Å²) in [6, 6.07) is 8.09. The highest BCUT2D eigenvalue weighted by atomic mass is 32.2. The molecule has 0 saturated carbocycles. The van der Waals surface area contributed by atoms with E-state index in [2.05, 4.69) is 13.0 Å². The van der Waals surface area contributed by atoms with Crippen molar-refractivity contribution in [3.63, 3.8) is 0 Å². The molecule has 90 valence electrons. The molecule has 0 aliphatic heterocycles. The molecule has 0 amide bonds. The van der Waals surface area contributed by atoms with Crippen LogP contribution in [0, 0.1) is 5.92 Å². The van der Waals surface area contributed by atoms with Crippen LogP contribution >= 0.6 is 11.8 Å². The Morgan fingerprint density at radius 2 is 2.25 bits per heavy atom. The molecule has 3 N–H and O–H groups in total. The van der Waals surface area contributed by atoms with E-state index in [9.17, 15) is 0 Å². The third-order valence-electron chi connectivity index (χ3n) is 2.42. The standard InChI is InChI=1S/C13H21NOS/c1-11(9-15)10-16-7-3-5-12-4-2-6-13(14)8-12/h2,4,6,8,11,15H,3,5,7,9-10,14H2,1H3. The summed E-state index contributed by atoms with van der Waals surface area (Å²) in [5, 5.41) is 8.87. The number of hydrogen-bond acceptors (Lipinski definition) is 3. The van der Waals surface area contributed by atoms with E-state index in [4.69, 9.17) is 10.8 Å². The highest BCUT2D eigenvalue weighted by Crippen LogP contribution is 2.13. The molecular weight excluding hydrogens is 218 g/mol. The Labute approximate surface area is 102 Å². The molecule has 1 rings (SSSR count). The van der Waals surface area contributed by atoms with Gasteiger partial charge in [-0.3, -0.25) is 0 Å². The topological polar surface area (TPSA) is 46.2 Å². The summed E-state index contributed by atoms with van der Waals surface area (Å²) in [5.74, 6) is 2.62. The van der Waals surface area contributed by atoms with Gasteiger partial charge in [0.05, 0.1) is 0 Å². The van der Waals surface area contributed by atoms with Gasteiger partial charge in [-0.25, -0.2) is 0 Å². The van der Waals surface area contributed by atoms with Gasteiger partial charge in [0.2, 0.25) is 0 Å². The first-order valence-electron chi connectivity index (χ1n) is 5.75. The number of nitrogens with two attached hydrogens (primary N) is 1. The normalized spacial score (nSPS) is 12.6. The summed E-state index contributed by atoms with van der Waals surface area (Å²) in [7, 11) is 0. The van der Waals surface area contributed by atoms with E-state index in [1.807, 2.05) is 30.0 Å². The van der Waals surface area contributed by atoms with Gasteiger partial charge >= 0.3 is 0 Å². The monoisotopic (exact) mass is 239 g/mol. The van der Waals surface area contributed by atoms with Gasteiger partial charge in [0, 0.05) is 12.3 Å². The van der Waals surface area contributed by atoms with Crippen LogP contribution in [0.2, 0.25) is 0 Å². The number of anilines is 1. The van der Waals surface area contributed by atoms with Crippen molar-refractivity contribution in [3.8, 4) is 0 Å². The number of benzene rings is 1. The van der Waals surface area contributed by atoms with Crippen molar-refractivity contribution in [2.24, 2.45) is 5.92 Å². The minimum absolute atomic E-state index is 0.294. The Hall–Kier alpha value is -0.670. The molecule has 0 fully saturated rings. The van der Waals surface area contributed by atoms with Crippen molar-refractivity contribution >= 4 is 17.4 Å². The fourth-order valence-corrected chi connectivity index (χ4v) is 2.49. The summed E-state index contributed by atoms with van der Waals surface area (Å²) < 4.78 is 0. The first-order chi connectivity index (χ1) is 7.72. The molecule has 3 heteroatoms. The molecule has 0 bridgehead atoms. The lowest BCUT2D eigenvalue weighted by Crippen LogP contribution is -2.04. The van der Waals surface area contributed by atoms with E-state index in [0.717, 1.165) is 23.6 Å². The molecule has 0 aromatic heterocycles. The summed E-state index contributed by atoms with van der Waals surface area (Å²) in [5.41, 5.74) is 7.88. The number of rotatable bonds is 7. The third kappa shape index (κ3) is 5.42. The average molecular weight is 239 g/mol. The Morgan fingerprint density at radius 1 is 1.44 bits per heavy atom. The fraction of sp³-hybridized carbons (Fsp3) is 0.538. The maximum absolute atomic E-state index is 8.87.